The number of hydrogen-bond donors (Lipinski definition) is 2. The molecule has 0 saturated carbocycles. The van der Waals surface area contributed by atoms with E-state index in [0.717, 1.165) is 26.9 Å². The van der Waals surface area contributed by atoms with Crippen molar-refractivity contribution in [3.05, 3.63) is 64.5 Å². The van der Waals surface area contributed by atoms with Gasteiger partial charge in [0.15, 0.2) is 5.82 Å². The van der Waals surface area contributed by atoms with Crippen LogP contribution in [0.2, 0.25) is 0 Å². The van der Waals surface area contributed by atoms with Gasteiger partial charge in [0.25, 0.3) is 0 Å². The van der Waals surface area contributed by atoms with Crippen LogP contribution in [0, 0.1) is 0 Å². The van der Waals surface area contributed by atoms with Crippen LogP contribution in [-0.2, 0) is 13.0 Å². The van der Waals surface area contributed by atoms with Crippen molar-refractivity contribution in [1.29, 1.82) is 0 Å². The molecule has 3 aromatic heterocycles. The number of carbonyl (C=O) groups is 1. The lowest BCUT2D eigenvalue weighted by molar-refractivity contribution is 0.240. The monoisotopic (exact) mass is 383 g/mol. The number of nitrogens with zero attached hydrogens (tertiary/aromatic N) is 3. The number of thiophene rings is 1. The molecule has 0 aliphatic heterocycles. The highest BCUT2D eigenvalue weighted by Crippen LogP contribution is 2.24. The first-order valence-electron chi connectivity index (χ1n) is 8.22. The van der Waals surface area contributed by atoms with E-state index in [-0.39, 0.29) is 6.03 Å². The predicted octanol–water partition coefficient (Wildman–Crippen LogP) is 3.56. The van der Waals surface area contributed by atoms with Gasteiger partial charge in [-0.3, -0.25) is 0 Å². The maximum absolute atomic E-state index is 11.9. The molecule has 26 heavy (non-hydrogen) atoms. The molecule has 0 fully saturated rings. The fourth-order valence-corrected chi connectivity index (χ4v) is 4.06. The lowest BCUT2D eigenvalue weighted by Crippen LogP contribution is -2.36. The average molecular weight is 384 g/mol. The minimum Gasteiger partial charge on any atom is -0.338 e. The molecule has 0 bridgehead atoms. The molecule has 4 aromatic rings. The summed E-state index contributed by atoms with van der Waals surface area (Å²) in [6.07, 6.45) is 0.700. The second kappa shape index (κ2) is 7.67. The summed E-state index contributed by atoms with van der Waals surface area (Å²) in [5.41, 5.74) is 2.12. The summed E-state index contributed by atoms with van der Waals surface area (Å²) < 4.78 is 1.86. The maximum Gasteiger partial charge on any atom is 0.315 e. The first-order valence-corrected chi connectivity index (χ1v) is 9.98. The number of hydrogen-bond acceptors (Lipinski definition) is 5. The van der Waals surface area contributed by atoms with Crippen LogP contribution in [0.4, 0.5) is 4.79 Å². The zero-order chi connectivity index (χ0) is 17.8. The van der Waals surface area contributed by atoms with Gasteiger partial charge in [-0.25, -0.2) is 9.31 Å². The minimum absolute atomic E-state index is 0.168. The number of benzene rings is 1. The highest BCUT2D eigenvalue weighted by Gasteiger charge is 2.12. The van der Waals surface area contributed by atoms with Crippen LogP contribution in [0.1, 0.15) is 11.3 Å². The van der Waals surface area contributed by atoms with Crippen molar-refractivity contribution < 1.29 is 4.79 Å². The summed E-state index contributed by atoms with van der Waals surface area (Å²) in [5.74, 6) is 0.752. The fraction of sp³-hybridized carbons (Fsp3) is 0.167. The number of fused-ring (bicyclic) bond motifs is 1. The molecule has 6 nitrogen and oxygen atoms in total. The molecule has 0 aliphatic carbocycles. The summed E-state index contributed by atoms with van der Waals surface area (Å²) in [5, 5.41) is 14.4. The molecular weight excluding hydrogens is 366 g/mol. The second-order valence-corrected chi connectivity index (χ2v) is 7.46. The third-order valence-electron chi connectivity index (χ3n) is 3.85. The van der Waals surface area contributed by atoms with Crippen molar-refractivity contribution in [2.45, 2.75) is 13.0 Å². The Bertz CT molecular complexity index is 991. The SMILES string of the molecule is O=C(NCCc1csc2nc(-c3cccs3)nn12)NCc1ccccc1. The van der Waals surface area contributed by atoms with E-state index in [1.54, 1.807) is 22.7 Å². The summed E-state index contributed by atoms with van der Waals surface area (Å²) in [6, 6.07) is 13.7. The number of amides is 2. The Morgan fingerprint density at radius 3 is 2.77 bits per heavy atom. The molecule has 1 aromatic carbocycles. The van der Waals surface area contributed by atoms with Gasteiger partial charge in [-0.05, 0) is 17.0 Å². The summed E-state index contributed by atoms with van der Waals surface area (Å²) >= 11 is 3.19. The largest absolute Gasteiger partial charge is 0.338 e. The van der Waals surface area contributed by atoms with E-state index in [2.05, 4.69) is 20.7 Å². The van der Waals surface area contributed by atoms with Crippen molar-refractivity contribution in [3.8, 4) is 10.7 Å². The van der Waals surface area contributed by atoms with Gasteiger partial charge >= 0.3 is 6.03 Å². The highest BCUT2D eigenvalue weighted by molar-refractivity contribution is 7.15. The van der Waals surface area contributed by atoms with Gasteiger partial charge < -0.3 is 10.6 Å². The van der Waals surface area contributed by atoms with Gasteiger partial charge in [-0.2, -0.15) is 4.98 Å². The Morgan fingerprint density at radius 2 is 1.96 bits per heavy atom. The topological polar surface area (TPSA) is 71.3 Å². The predicted molar refractivity (Wildman–Crippen MR) is 105 cm³/mol. The van der Waals surface area contributed by atoms with Gasteiger partial charge in [-0.15, -0.1) is 27.8 Å². The molecule has 3 heterocycles. The molecule has 4 rings (SSSR count). The molecule has 0 unspecified atom stereocenters. The van der Waals surface area contributed by atoms with Crippen molar-refractivity contribution >= 4 is 33.7 Å². The van der Waals surface area contributed by atoms with Crippen LogP contribution in [0.25, 0.3) is 15.7 Å². The molecule has 0 atom stereocenters. The molecular formula is C18H17N5OS2. The summed E-state index contributed by atoms with van der Waals surface area (Å²) in [4.78, 5) is 18.4. The second-order valence-electron chi connectivity index (χ2n) is 5.68. The van der Waals surface area contributed by atoms with Gasteiger partial charge in [0.1, 0.15) is 0 Å². The Hall–Kier alpha value is -2.71. The van der Waals surface area contributed by atoms with E-state index in [1.807, 2.05) is 57.7 Å². The average Bonchev–Trinajstić information content (AvgIpc) is 3.38. The standard InChI is InChI=1S/C18H17N5OS2/c24-17(20-11-13-5-2-1-3-6-13)19-9-8-14-12-26-18-21-16(22-23(14)18)15-7-4-10-25-15/h1-7,10,12H,8-9,11H2,(H2,19,20,24). The van der Waals surface area contributed by atoms with E-state index in [1.165, 1.54) is 0 Å². The first kappa shape index (κ1) is 16.7. The normalized spacial score (nSPS) is 10.9. The number of urea groups is 1. The van der Waals surface area contributed by atoms with Crippen LogP contribution < -0.4 is 10.6 Å². The van der Waals surface area contributed by atoms with Crippen molar-refractivity contribution in [3.63, 3.8) is 0 Å². The van der Waals surface area contributed by atoms with E-state index in [0.29, 0.717) is 19.5 Å². The quantitative estimate of drug-likeness (QED) is 0.535. The zero-order valence-corrected chi connectivity index (χ0v) is 15.5. The Balaban J connectivity index is 1.31. The van der Waals surface area contributed by atoms with Crippen LogP contribution in [0.5, 0.6) is 0 Å². The molecule has 132 valence electrons. The lowest BCUT2D eigenvalue weighted by Gasteiger charge is -2.07. The molecule has 2 amide bonds. The zero-order valence-electron chi connectivity index (χ0n) is 13.9. The van der Waals surface area contributed by atoms with E-state index >= 15 is 0 Å². The molecule has 0 spiro atoms. The number of aromatic nitrogens is 3. The molecule has 0 radical (unpaired) electrons. The minimum atomic E-state index is -0.168. The fourth-order valence-electron chi connectivity index (χ4n) is 2.55. The highest BCUT2D eigenvalue weighted by atomic mass is 32.1. The van der Waals surface area contributed by atoms with Crippen LogP contribution in [-0.4, -0.2) is 27.2 Å². The molecule has 2 N–H and O–H groups in total. The third kappa shape index (κ3) is 3.76. The summed E-state index contributed by atoms with van der Waals surface area (Å²) in [7, 11) is 0. The van der Waals surface area contributed by atoms with Gasteiger partial charge in [0.2, 0.25) is 4.96 Å². The Labute approximate surface area is 158 Å². The third-order valence-corrected chi connectivity index (χ3v) is 5.58. The maximum atomic E-state index is 11.9. The Morgan fingerprint density at radius 1 is 1.08 bits per heavy atom. The lowest BCUT2D eigenvalue weighted by atomic mass is 10.2. The number of nitrogens with one attached hydrogen (secondary N) is 2. The molecule has 8 heteroatoms. The van der Waals surface area contributed by atoms with Crippen molar-refractivity contribution in [2.24, 2.45) is 0 Å². The van der Waals surface area contributed by atoms with E-state index in [9.17, 15) is 4.79 Å². The van der Waals surface area contributed by atoms with E-state index < -0.39 is 0 Å². The van der Waals surface area contributed by atoms with Gasteiger partial charge in [-0.1, -0.05) is 36.4 Å². The number of thiazole rings is 1. The first-order chi connectivity index (χ1) is 12.8. The summed E-state index contributed by atoms with van der Waals surface area (Å²) in [6.45, 7) is 1.06. The smallest absolute Gasteiger partial charge is 0.315 e. The van der Waals surface area contributed by atoms with Crippen LogP contribution in [0.3, 0.4) is 0 Å². The van der Waals surface area contributed by atoms with Gasteiger partial charge in [0.05, 0.1) is 10.6 Å². The molecule has 0 aliphatic rings. The van der Waals surface area contributed by atoms with Crippen molar-refractivity contribution in [2.75, 3.05) is 6.54 Å². The number of rotatable bonds is 6. The van der Waals surface area contributed by atoms with Crippen LogP contribution >= 0.6 is 22.7 Å². The van der Waals surface area contributed by atoms with E-state index in [4.69, 9.17) is 0 Å². The molecule has 0 saturated heterocycles. The Kier molecular flexibility index (Phi) is 4.94. The van der Waals surface area contributed by atoms with Crippen molar-refractivity contribution in [1.82, 2.24) is 25.2 Å². The van der Waals surface area contributed by atoms with Crippen LogP contribution in [0.15, 0.2) is 53.2 Å². The van der Waals surface area contributed by atoms with Gasteiger partial charge in [0, 0.05) is 24.9 Å². The number of carbonyl (C=O) groups excluding carboxylic acids is 1.